The topological polar surface area (TPSA) is 66.9 Å². The van der Waals surface area contributed by atoms with Gasteiger partial charge in [0.05, 0.1) is 6.54 Å². The number of amides is 1. The number of carbonyl (C=O) groups is 1. The Labute approximate surface area is 199 Å². The van der Waals surface area contributed by atoms with E-state index in [1.165, 1.54) is 18.1 Å². The van der Waals surface area contributed by atoms with Crippen LogP contribution in [0.4, 0.5) is 8.78 Å². The van der Waals surface area contributed by atoms with E-state index in [1.54, 1.807) is 16.7 Å². The molecular weight excluding hydrogens is 456 g/mol. The van der Waals surface area contributed by atoms with Crippen LogP contribution in [0.25, 0.3) is 22.0 Å². The minimum Gasteiger partial charge on any atom is -0.331 e. The second-order valence-corrected chi connectivity index (χ2v) is 9.52. The molecule has 174 valence electrons. The van der Waals surface area contributed by atoms with Crippen LogP contribution in [0.15, 0.2) is 59.5 Å². The lowest BCUT2D eigenvalue weighted by Gasteiger charge is -2.13. The van der Waals surface area contributed by atoms with E-state index in [2.05, 4.69) is 9.71 Å². The maximum atomic E-state index is 14.6. The predicted octanol–water partition coefficient (Wildman–Crippen LogP) is 5.43. The lowest BCUT2D eigenvalue weighted by molar-refractivity contribution is 0.0977. The van der Waals surface area contributed by atoms with Crippen molar-refractivity contribution in [2.75, 3.05) is 0 Å². The molecule has 2 aromatic heterocycles. The van der Waals surface area contributed by atoms with Crippen LogP contribution >= 0.6 is 11.9 Å². The SMILES string of the molecule is CCc1ccc2c(c1)c(-c1ccc[nH]c1=O)c(C(=O)NSC1CC1)n2Cc1cc(F)ccc1F. The molecule has 0 unspecified atom stereocenters. The average molecular weight is 480 g/mol. The summed E-state index contributed by atoms with van der Waals surface area (Å²) in [4.78, 5) is 29.0. The van der Waals surface area contributed by atoms with Crippen LogP contribution in [-0.4, -0.2) is 20.7 Å². The molecule has 0 atom stereocenters. The van der Waals surface area contributed by atoms with Gasteiger partial charge in [-0.2, -0.15) is 0 Å². The van der Waals surface area contributed by atoms with Crippen LogP contribution in [-0.2, 0) is 13.0 Å². The Kier molecular flexibility index (Phi) is 6.00. The number of pyridine rings is 1. The summed E-state index contributed by atoms with van der Waals surface area (Å²) in [6.45, 7) is 1.96. The number of fused-ring (bicyclic) bond motifs is 1. The highest BCUT2D eigenvalue weighted by atomic mass is 32.2. The van der Waals surface area contributed by atoms with Gasteiger partial charge in [0.15, 0.2) is 0 Å². The number of nitrogens with zero attached hydrogens (tertiary/aromatic N) is 1. The van der Waals surface area contributed by atoms with E-state index in [0.717, 1.165) is 48.4 Å². The van der Waals surface area contributed by atoms with Gasteiger partial charge >= 0.3 is 0 Å². The van der Waals surface area contributed by atoms with Crippen molar-refractivity contribution >= 4 is 28.8 Å². The number of aromatic amines is 1. The highest BCUT2D eigenvalue weighted by Gasteiger charge is 2.29. The minimum atomic E-state index is -0.564. The van der Waals surface area contributed by atoms with Crippen LogP contribution in [0.5, 0.6) is 0 Å². The van der Waals surface area contributed by atoms with E-state index in [9.17, 15) is 18.4 Å². The minimum absolute atomic E-state index is 0.0623. The molecule has 34 heavy (non-hydrogen) atoms. The van der Waals surface area contributed by atoms with Crippen LogP contribution < -0.4 is 10.3 Å². The van der Waals surface area contributed by atoms with Gasteiger partial charge in [-0.15, -0.1) is 0 Å². The third-order valence-corrected chi connectivity index (χ3v) is 7.13. The Hall–Kier alpha value is -3.39. The Balaban J connectivity index is 1.78. The molecule has 2 N–H and O–H groups in total. The van der Waals surface area contributed by atoms with Gasteiger partial charge in [0.1, 0.15) is 17.3 Å². The average Bonchev–Trinajstić information content (AvgIpc) is 3.62. The van der Waals surface area contributed by atoms with Crippen molar-refractivity contribution in [2.24, 2.45) is 0 Å². The molecule has 1 aliphatic carbocycles. The zero-order chi connectivity index (χ0) is 23.8. The van der Waals surface area contributed by atoms with Gasteiger partial charge in [0.25, 0.3) is 11.5 Å². The first kappa shape index (κ1) is 22.4. The summed E-state index contributed by atoms with van der Waals surface area (Å²) in [6.07, 6.45) is 4.37. The fourth-order valence-electron chi connectivity index (χ4n) is 4.12. The molecule has 1 saturated carbocycles. The van der Waals surface area contributed by atoms with Gasteiger partial charge in [0, 0.05) is 39.0 Å². The van der Waals surface area contributed by atoms with E-state index >= 15 is 0 Å². The number of carbonyl (C=O) groups excluding carboxylic acids is 1. The number of nitrogens with one attached hydrogen (secondary N) is 2. The molecule has 1 amide bonds. The second-order valence-electron chi connectivity index (χ2n) is 8.41. The Bertz CT molecular complexity index is 1460. The zero-order valence-electron chi connectivity index (χ0n) is 18.5. The molecule has 0 bridgehead atoms. The summed E-state index contributed by atoms with van der Waals surface area (Å²) in [6, 6.07) is 12.4. The van der Waals surface area contributed by atoms with Crippen molar-refractivity contribution in [3.05, 3.63) is 93.5 Å². The molecule has 4 aromatic rings. The Morgan fingerprint density at radius 2 is 2.00 bits per heavy atom. The maximum absolute atomic E-state index is 14.6. The third kappa shape index (κ3) is 4.25. The first-order chi connectivity index (χ1) is 16.5. The lowest BCUT2D eigenvalue weighted by Crippen LogP contribution is -2.23. The van der Waals surface area contributed by atoms with Crippen molar-refractivity contribution in [3.63, 3.8) is 0 Å². The summed E-state index contributed by atoms with van der Waals surface area (Å²) >= 11 is 1.36. The number of aromatic nitrogens is 2. The lowest BCUT2D eigenvalue weighted by atomic mass is 10.0. The van der Waals surface area contributed by atoms with Crippen molar-refractivity contribution in [2.45, 2.75) is 38.0 Å². The fraction of sp³-hybridized carbons (Fsp3) is 0.231. The second kappa shape index (κ2) is 9.10. The van der Waals surface area contributed by atoms with Gasteiger partial charge in [-0.05, 0) is 79.2 Å². The van der Waals surface area contributed by atoms with Crippen molar-refractivity contribution in [1.29, 1.82) is 0 Å². The highest BCUT2D eigenvalue weighted by molar-refractivity contribution is 7.98. The van der Waals surface area contributed by atoms with Crippen molar-refractivity contribution in [1.82, 2.24) is 14.3 Å². The van der Waals surface area contributed by atoms with Gasteiger partial charge in [-0.3, -0.25) is 14.3 Å². The fourth-order valence-corrected chi connectivity index (χ4v) is 4.86. The number of rotatable bonds is 7. The summed E-state index contributed by atoms with van der Waals surface area (Å²) in [5.41, 5.74) is 2.57. The van der Waals surface area contributed by atoms with Crippen LogP contribution in [0.3, 0.4) is 0 Å². The molecule has 1 fully saturated rings. The Morgan fingerprint density at radius 3 is 2.74 bits per heavy atom. The molecule has 2 aromatic carbocycles. The standard InChI is InChI=1S/C26H23F2N3O2S/c1-2-15-5-10-22-20(12-15)23(19-4-3-11-29-25(19)32)24(26(33)30-34-18-7-8-18)31(22)14-16-13-17(27)6-9-21(16)28/h3-6,9-13,18H,2,7-8,14H2,1H3,(H,29,32)(H,30,33). The largest absolute Gasteiger partial charge is 0.331 e. The highest BCUT2D eigenvalue weighted by Crippen LogP contribution is 2.37. The first-order valence-electron chi connectivity index (χ1n) is 11.2. The number of halogens is 2. The summed E-state index contributed by atoms with van der Waals surface area (Å²) in [7, 11) is 0. The predicted molar refractivity (Wildman–Crippen MR) is 131 cm³/mol. The van der Waals surface area contributed by atoms with Crippen molar-refractivity contribution in [3.8, 4) is 11.1 Å². The van der Waals surface area contributed by atoms with Gasteiger partial charge in [-0.1, -0.05) is 13.0 Å². The zero-order valence-corrected chi connectivity index (χ0v) is 19.3. The molecule has 8 heteroatoms. The molecule has 5 nitrogen and oxygen atoms in total. The molecule has 1 aliphatic rings. The number of H-pyrrole nitrogens is 1. The molecule has 2 heterocycles. The maximum Gasteiger partial charge on any atom is 0.278 e. The summed E-state index contributed by atoms with van der Waals surface area (Å²) < 4.78 is 33.2. The van der Waals surface area contributed by atoms with Crippen molar-refractivity contribution < 1.29 is 13.6 Å². The summed E-state index contributed by atoms with van der Waals surface area (Å²) in [5, 5.41) is 1.09. The first-order valence-corrected chi connectivity index (χ1v) is 12.1. The molecular formula is C26H23F2N3O2S. The van der Waals surface area contributed by atoms with Crippen LogP contribution in [0.1, 0.15) is 41.4 Å². The van der Waals surface area contributed by atoms with E-state index in [-0.39, 0.29) is 29.3 Å². The quantitative estimate of drug-likeness (QED) is 0.348. The van der Waals surface area contributed by atoms with Gasteiger partial charge in [-0.25, -0.2) is 8.78 Å². The normalized spacial score (nSPS) is 13.4. The van der Waals surface area contributed by atoms with Crippen LogP contribution in [0, 0.1) is 11.6 Å². The van der Waals surface area contributed by atoms with Crippen LogP contribution in [0.2, 0.25) is 0 Å². The molecule has 0 radical (unpaired) electrons. The molecule has 0 saturated heterocycles. The number of aryl methyl sites for hydroxylation is 1. The van der Waals surface area contributed by atoms with Gasteiger partial charge in [0.2, 0.25) is 0 Å². The number of hydrogen-bond donors (Lipinski definition) is 2. The smallest absolute Gasteiger partial charge is 0.278 e. The Morgan fingerprint density at radius 1 is 1.18 bits per heavy atom. The molecule has 0 spiro atoms. The third-order valence-electron chi connectivity index (χ3n) is 6.02. The van der Waals surface area contributed by atoms with Gasteiger partial charge < -0.3 is 9.55 Å². The van der Waals surface area contributed by atoms with E-state index in [0.29, 0.717) is 21.9 Å². The van der Waals surface area contributed by atoms with E-state index in [1.807, 2.05) is 25.1 Å². The monoisotopic (exact) mass is 479 g/mol. The van der Waals surface area contributed by atoms with E-state index < -0.39 is 11.6 Å². The van der Waals surface area contributed by atoms with E-state index in [4.69, 9.17) is 0 Å². The molecule has 0 aliphatic heterocycles. The molecule has 5 rings (SSSR count). The number of hydrogen-bond acceptors (Lipinski definition) is 3. The summed E-state index contributed by atoms with van der Waals surface area (Å²) in [5.74, 6) is -1.50. The number of benzene rings is 2.